The van der Waals surface area contributed by atoms with Gasteiger partial charge in [0.05, 0.1) is 5.56 Å². The summed E-state index contributed by atoms with van der Waals surface area (Å²) < 4.78 is 30.4. The summed E-state index contributed by atoms with van der Waals surface area (Å²) in [5.74, 6) is -4.15. The summed E-state index contributed by atoms with van der Waals surface area (Å²) in [5.41, 5.74) is -0.176. The molecule has 0 aliphatic rings. The number of carbonyl (C=O) groups excluding carboxylic acids is 1. The first-order valence-electron chi connectivity index (χ1n) is 6.38. The van der Waals surface area contributed by atoms with Gasteiger partial charge < -0.3 is 15.5 Å². The summed E-state index contributed by atoms with van der Waals surface area (Å²) in [4.78, 5) is 23.3. The first-order chi connectivity index (χ1) is 10.7. The van der Waals surface area contributed by atoms with Crippen molar-refractivity contribution in [3.05, 3.63) is 42.0 Å². The second-order valence-corrected chi connectivity index (χ2v) is 6.29. The summed E-state index contributed by atoms with van der Waals surface area (Å²) >= 11 is 0. The third kappa shape index (κ3) is 3.96. The lowest BCUT2D eigenvalue weighted by Gasteiger charge is -2.15. The Balaban J connectivity index is 2.40. The second kappa shape index (κ2) is 6.23. The lowest BCUT2D eigenvalue weighted by Crippen LogP contribution is -2.45. The van der Waals surface area contributed by atoms with E-state index in [1.54, 1.807) is 30.3 Å². The van der Waals surface area contributed by atoms with E-state index in [1.165, 1.54) is 6.07 Å². The van der Waals surface area contributed by atoms with Gasteiger partial charge in [0.25, 0.3) is 16.0 Å². The van der Waals surface area contributed by atoms with Crippen molar-refractivity contribution in [1.29, 1.82) is 0 Å². The van der Waals surface area contributed by atoms with Crippen molar-refractivity contribution in [2.45, 2.75) is 6.04 Å². The van der Waals surface area contributed by atoms with E-state index in [1.807, 2.05) is 5.32 Å². The molecule has 23 heavy (non-hydrogen) atoms. The van der Waals surface area contributed by atoms with Gasteiger partial charge in [0.1, 0.15) is 17.5 Å². The van der Waals surface area contributed by atoms with Gasteiger partial charge >= 0.3 is 5.97 Å². The molecule has 0 spiro atoms. The van der Waals surface area contributed by atoms with E-state index in [0.717, 1.165) is 0 Å². The smallest absolute Gasteiger partial charge is 0.327 e. The molecule has 2 aromatic carbocycles. The number of aliphatic carboxylic acids is 1. The van der Waals surface area contributed by atoms with Crippen LogP contribution in [0.2, 0.25) is 0 Å². The van der Waals surface area contributed by atoms with Gasteiger partial charge in [-0.3, -0.25) is 9.35 Å². The standard InChI is InChI=1S/C14H13NO7S/c16-11-6-5-8-3-1-2-4-9(8)12(11)13(17)15-10(14(18)19)7-23(20,21)22/h1-6,10,16H,7H2,(H,15,17)(H,18,19)(H,20,21,22). The van der Waals surface area contributed by atoms with Crippen LogP contribution < -0.4 is 5.32 Å². The SMILES string of the molecule is O=C(NC(CS(=O)(=O)O)C(=O)O)c1c(O)ccc2ccccc12. The molecular formula is C14H13NO7S. The Morgan fingerprint density at radius 2 is 1.78 bits per heavy atom. The third-order valence-corrected chi connectivity index (χ3v) is 3.87. The molecule has 0 radical (unpaired) electrons. The molecule has 1 unspecified atom stereocenters. The number of carbonyl (C=O) groups is 2. The number of rotatable bonds is 5. The second-order valence-electron chi connectivity index (χ2n) is 4.79. The predicted molar refractivity (Wildman–Crippen MR) is 80.9 cm³/mol. The number of hydrogen-bond acceptors (Lipinski definition) is 5. The molecule has 0 fully saturated rings. The van der Waals surface area contributed by atoms with Gasteiger partial charge in [0.2, 0.25) is 0 Å². The minimum absolute atomic E-state index is 0.176. The minimum Gasteiger partial charge on any atom is -0.507 e. The fourth-order valence-electron chi connectivity index (χ4n) is 2.11. The predicted octanol–water partition coefficient (Wildman–Crippen LogP) is 0.616. The molecule has 9 heteroatoms. The monoisotopic (exact) mass is 339 g/mol. The van der Waals surface area contributed by atoms with Gasteiger partial charge in [-0.1, -0.05) is 30.3 Å². The van der Waals surface area contributed by atoms with Crippen molar-refractivity contribution in [1.82, 2.24) is 5.32 Å². The Morgan fingerprint density at radius 3 is 2.39 bits per heavy atom. The van der Waals surface area contributed by atoms with Gasteiger partial charge in [0.15, 0.2) is 0 Å². The normalized spacial score (nSPS) is 12.7. The minimum atomic E-state index is -4.61. The van der Waals surface area contributed by atoms with Crippen LogP contribution in [0.4, 0.5) is 0 Å². The lowest BCUT2D eigenvalue weighted by atomic mass is 10.0. The first kappa shape index (κ1) is 16.7. The Labute approximate surface area is 131 Å². The number of phenols is 1. The summed E-state index contributed by atoms with van der Waals surface area (Å²) in [6.45, 7) is 0. The zero-order valence-electron chi connectivity index (χ0n) is 11.6. The molecule has 0 saturated carbocycles. The molecule has 0 aromatic heterocycles. The van der Waals surface area contributed by atoms with Crippen molar-refractivity contribution >= 4 is 32.8 Å². The van der Waals surface area contributed by atoms with Gasteiger partial charge in [0, 0.05) is 0 Å². The van der Waals surface area contributed by atoms with Crippen LogP contribution in [0.25, 0.3) is 10.8 Å². The van der Waals surface area contributed by atoms with Gasteiger partial charge in [-0.05, 0) is 16.8 Å². The molecule has 1 atom stereocenters. The van der Waals surface area contributed by atoms with Gasteiger partial charge in [-0.15, -0.1) is 0 Å². The van der Waals surface area contributed by atoms with Crippen LogP contribution in [0, 0.1) is 0 Å². The number of nitrogens with one attached hydrogen (secondary N) is 1. The highest BCUT2D eigenvalue weighted by molar-refractivity contribution is 7.85. The average molecular weight is 339 g/mol. The van der Waals surface area contributed by atoms with E-state index in [2.05, 4.69) is 0 Å². The summed E-state index contributed by atoms with van der Waals surface area (Å²) in [5, 5.41) is 21.8. The van der Waals surface area contributed by atoms with E-state index in [0.29, 0.717) is 10.8 Å². The zero-order chi connectivity index (χ0) is 17.2. The van der Waals surface area contributed by atoms with Crippen LogP contribution in [-0.4, -0.2) is 46.9 Å². The maximum atomic E-state index is 12.3. The summed E-state index contributed by atoms with van der Waals surface area (Å²) in [6.07, 6.45) is 0. The van der Waals surface area contributed by atoms with E-state index in [4.69, 9.17) is 9.66 Å². The van der Waals surface area contributed by atoms with Crippen LogP contribution in [0.15, 0.2) is 36.4 Å². The molecule has 0 saturated heterocycles. The maximum absolute atomic E-state index is 12.3. The van der Waals surface area contributed by atoms with E-state index < -0.39 is 33.8 Å². The Kier molecular flexibility index (Phi) is 4.52. The highest BCUT2D eigenvalue weighted by atomic mass is 32.2. The highest BCUT2D eigenvalue weighted by Crippen LogP contribution is 2.27. The molecule has 2 rings (SSSR count). The van der Waals surface area contributed by atoms with Gasteiger partial charge in [-0.25, -0.2) is 4.79 Å². The number of amides is 1. The number of phenolic OH excluding ortho intramolecular Hbond substituents is 1. The number of carboxylic acids is 1. The largest absolute Gasteiger partial charge is 0.507 e. The van der Waals surface area contributed by atoms with Crippen molar-refractivity contribution in [3.63, 3.8) is 0 Å². The molecule has 0 aliphatic carbocycles. The molecular weight excluding hydrogens is 326 g/mol. The van der Waals surface area contributed by atoms with Crippen LogP contribution in [0.1, 0.15) is 10.4 Å². The average Bonchev–Trinajstić information content (AvgIpc) is 2.44. The third-order valence-electron chi connectivity index (χ3n) is 3.11. The Bertz CT molecular complexity index is 876. The topological polar surface area (TPSA) is 141 Å². The Morgan fingerprint density at radius 1 is 1.13 bits per heavy atom. The molecule has 0 aliphatic heterocycles. The first-order valence-corrected chi connectivity index (χ1v) is 7.99. The summed E-state index contributed by atoms with van der Waals surface area (Å²) in [6, 6.07) is 7.60. The molecule has 8 nitrogen and oxygen atoms in total. The number of benzene rings is 2. The van der Waals surface area contributed by atoms with E-state index >= 15 is 0 Å². The molecule has 122 valence electrons. The highest BCUT2D eigenvalue weighted by Gasteiger charge is 2.27. The van der Waals surface area contributed by atoms with E-state index in [-0.39, 0.29) is 11.3 Å². The fraction of sp³-hybridized carbons (Fsp3) is 0.143. The van der Waals surface area contributed by atoms with E-state index in [9.17, 15) is 23.1 Å². The van der Waals surface area contributed by atoms with Crippen LogP contribution in [0.5, 0.6) is 5.75 Å². The van der Waals surface area contributed by atoms with Crippen LogP contribution in [-0.2, 0) is 14.9 Å². The molecule has 0 heterocycles. The molecule has 1 amide bonds. The summed E-state index contributed by atoms with van der Waals surface area (Å²) in [7, 11) is -4.61. The van der Waals surface area contributed by atoms with Crippen molar-refractivity contribution in [2.75, 3.05) is 5.75 Å². The number of hydrogen-bond donors (Lipinski definition) is 4. The molecule has 2 aromatic rings. The number of aromatic hydroxyl groups is 1. The number of carboxylic acid groups (broad SMARTS) is 1. The lowest BCUT2D eigenvalue weighted by molar-refractivity contribution is -0.138. The zero-order valence-corrected chi connectivity index (χ0v) is 12.4. The molecule has 4 N–H and O–H groups in total. The van der Waals surface area contributed by atoms with Crippen LogP contribution >= 0.6 is 0 Å². The van der Waals surface area contributed by atoms with Crippen molar-refractivity contribution in [2.24, 2.45) is 0 Å². The fourth-order valence-corrected chi connectivity index (χ4v) is 2.76. The van der Waals surface area contributed by atoms with Crippen molar-refractivity contribution in [3.8, 4) is 5.75 Å². The van der Waals surface area contributed by atoms with Gasteiger partial charge in [-0.2, -0.15) is 8.42 Å². The molecule has 0 bridgehead atoms. The van der Waals surface area contributed by atoms with Crippen LogP contribution in [0.3, 0.4) is 0 Å². The quantitative estimate of drug-likeness (QED) is 0.585. The van der Waals surface area contributed by atoms with Crippen molar-refractivity contribution < 1.29 is 32.8 Å². The maximum Gasteiger partial charge on any atom is 0.327 e. The Hall–Kier alpha value is -2.65. The number of fused-ring (bicyclic) bond motifs is 1.